The molecule has 1 amide bonds. The van der Waals surface area contributed by atoms with E-state index in [-0.39, 0.29) is 5.91 Å². The summed E-state index contributed by atoms with van der Waals surface area (Å²) < 4.78 is 0. The molecule has 0 bridgehead atoms. The number of hydrogen-bond donors (Lipinski definition) is 0. The predicted molar refractivity (Wildman–Crippen MR) is 78.4 cm³/mol. The molecule has 0 aromatic heterocycles. The lowest BCUT2D eigenvalue weighted by Crippen LogP contribution is -2.33. The molecule has 3 aliphatic rings. The molecule has 0 N–H and O–H groups in total. The summed E-state index contributed by atoms with van der Waals surface area (Å²) in [6, 6.07) is 8.56. The van der Waals surface area contributed by atoms with Crippen LogP contribution in [0.25, 0.3) is 0 Å². The summed E-state index contributed by atoms with van der Waals surface area (Å²) in [4.78, 5) is 14.7. The Morgan fingerprint density at radius 3 is 2.95 bits per heavy atom. The minimum Gasteiger partial charge on any atom is -0.332 e. The summed E-state index contributed by atoms with van der Waals surface area (Å²) >= 11 is 2.16. The largest absolute Gasteiger partial charge is 0.332 e. The van der Waals surface area contributed by atoms with E-state index in [0.29, 0.717) is 6.04 Å². The van der Waals surface area contributed by atoms with Gasteiger partial charge in [0.15, 0.2) is 0 Å². The van der Waals surface area contributed by atoms with Gasteiger partial charge in [0, 0.05) is 17.4 Å². The van der Waals surface area contributed by atoms with E-state index in [1.54, 1.807) is 0 Å². The minimum absolute atomic E-state index is 0.268. The van der Waals surface area contributed by atoms with Gasteiger partial charge in [0.25, 0.3) is 5.91 Å². The Morgan fingerprint density at radius 1 is 1.11 bits per heavy atom. The van der Waals surface area contributed by atoms with Gasteiger partial charge in [0.05, 0.1) is 6.04 Å². The smallest absolute Gasteiger partial charge is 0.254 e. The van der Waals surface area contributed by atoms with Gasteiger partial charge in [-0.1, -0.05) is 18.2 Å². The van der Waals surface area contributed by atoms with E-state index in [1.165, 1.54) is 30.6 Å². The van der Waals surface area contributed by atoms with Gasteiger partial charge >= 0.3 is 0 Å². The van der Waals surface area contributed by atoms with Crippen LogP contribution in [0.5, 0.6) is 0 Å². The van der Waals surface area contributed by atoms with Gasteiger partial charge in [-0.15, -0.1) is 0 Å². The van der Waals surface area contributed by atoms with Crippen molar-refractivity contribution in [1.29, 1.82) is 0 Å². The molecule has 0 saturated carbocycles. The molecule has 2 saturated heterocycles. The predicted octanol–water partition coefficient (Wildman–Crippen LogP) is 3.49. The summed E-state index contributed by atoms with van der Waals surface area (Å²) in [5.41, 5.74) is 2.22. The minimum atomic E-state index is 0.268. The average Bonchev–Trinajstić information content (AvgIpc) is 2.95. The van der Waals surface area contributed by atoms with E-state index < -0.39 is 0 Å². The molecule has 19 heavy (non-hydrogen) atoms. The average molecular weight is 273 g/mol. The first kappa shape index (κ1) is 11.8. The first-order valence-corrected chi connectivity index (χ1v) is 8.41. The summed E-state index contributed by atoms with van der Waals surface area (Å²) in [7, 11) is 0. The normalized spacial score (nSPS) is 33.4. The van der Waals surface area contributed by atoms with Crippen molar-refractivity contribution in [2.75, 3.05) is 12.3 Å². The van der Waals surface area contributed by atoms with Crippen LogP contribution < -0.4 is 0 Å². The fourth-order valence-electron chi connectivity index (χ4n) is 3.98. The van der Waals surface area contributed by atoms with Crippen molar-refractivity contribution in [1.82, 2.24) is 4.90 Å². The molecule has 2 nitrogen and oxygen atoms in total. The summed E-state index contributed by atoms with van der Waals surface area (Å²) in [6.45, 7) is 0.958. The Bertz CT molecular complexity index is 515. The first-order valence-electron chi connectivity index (χ1n) is 7.36. The van der Waals surface area contributed by atoms with Gasteiger partial charge in [0.1, 0.15) is 0 Å². The van der Waals surface area contributed by atoms with Crippen LogP contribution in [0.15, 0.2) is 24.3 Å². The highest BCUT2D eigenvalue weighted by Crippen LogP contribution is 2.44. The third-order valence-corrected chi connectivity index (χ3v) is 6.52. The van der Waals surface area contributed by atoms with E-state index in [0.717, 1.165) is 29.7 Å². The molecule has 1 aromatic carbocycles. The first-order chi connectivity index (χ1) is 9.34. The molecule has 4 rings (SSSR count). The molecule has 2 fully saturated rings. The summed E-state index contributed by atoms with van der Waals surface area (Å²) in [5, 5.41) is 0.852. The second-order valence-corrected chi connectivity index (χ2v) is 7.27. The Labute approximate surface area is 118 Å². The molecule has 100 valence electrons. The number of amides is 1. The van der Waals surface area contributed by atoms with Crippen molar-refractivity contribution in [3.05, 3.63) is 35.4 Å². The van der Waals surface area contributed by atoms with E-state index in [9.17, 15) is 4.79 Å². The molecule has 1 aromatic rings. The fraction of sp³-hybridized carbons (Fsp3) is 0.562. The number of hydrogen-bond acceptors (Lipinski definition) is 2. The van der Waals surface area contributed by atoms with Crippen LogP contribution in [0, 0.1) is 5.92 Å². The lowest BCUT2D eigenvalue weighted by atomic mass is 9.90. The topological polar surface area (TPSA) is 20.3 Å². The van der Waals surface area contributed by atoms with Gasteiger partial charge in [-0.3, -0.25) is 4.79 Å². The quantitative estimate of drug-likeness (QED) is 0.721. The number of rotatable bonds is 0. The Hall–Kier alpha value is -0.960. The van der Waals surface area contributed by atoms with Crippen LogP contribution in [0.1, 0.15) is 47.6 Å². The second kappa shape index (κ2) is 4.55. The number of thioether (sulfide) groups is 1. The maximum Gasteiger partial charge on any atom is 0.254 e. The Balaban J connectivity index is 1.66. The molecule has 3 heterocycles. The molecule has 3 atom stereocenters. The molecular weight excluding hydrogens is 254 g/mol. The van der Waals surface area contributed by atoms with Crippen LogP contribution in [0.3, 0.4) is 0 Å². The monoisotopic (exact) mass is 273 g/mol. The van der Waals surface area contributed by atoms with Gasteiger partial charge in [-0.25, -0.2) is 0 Å². The summed E-state index contributed by atoms with van der Waals surface area (Å²) in [6.07, 6.45) is 4.98. The Kier molecular flexibility index (Phi) is 2.83. The van der Waals surface area contributed by atoms with Gasteiger partial charge in [-0.05, 0) is 49.0 Å². The zero-order chi connectivity index (χ0) is 12.8. The van der Waals surface area contributed by atoms with Crippen molar-refractivity contribution in [2.45, 2.75) is 37.0 Å². The number of carbonyl (C=O) groups is 1. The van der Waals surface area contributed by atoms with Crippen molar-refractivity contribution in [3.63, 3.8) is 0 Å². The van der Waals surface area contributed by atoms with E-state index in [1.807, 2.05) is 12.1 Å². The number of benzene rings is 1. The molecule has 3 heteroatoms. The van der Waals surface area contributed by atoms with Crippen LogP contribution in [-0.2, 0) is 0 Å². The number of fused-ring (bicyclic) bond motifs is 4. The van der Waals surface area contributed by atoms with Crippen LogP contribution in [0.4, 0.5) is 0 Å². The van der Waals surface area contributed by atoms with Crippen LogP contribution >= 0.6 is 11.8 Å². The van der Waals surface area contributed by atoms with Crippen LogP contribution in [0.2, 0.25) is 0 Å². The molecule has 0 spiro atoms. The summed E-state index contributed by atoms with van der Waals surface area (Å²) in [5.74, 6) is 2.44. The maximum atomic E-state index is 12.5. The maximum absolute atomic E-state index is 12.5. The fourth-order valence-corrected chi connectivity index (χ4v) is 5.57. The lowest BCUT2D eigenvalue weighted by Gasteiger charge is -2.32. The van der Waals surface area contributed by atoms with Gasteiger partial charge < -0.3 is 4.90 Å². The number of carbonyl (C=O) groups excluding carboxylic acids is 1. The van der Waals surface area contributed by atoms with E-state index in [4.69, 9.17) is 0 Å². The van der Waals surface area contributed by atoms with Crippen molar-refractivity contribution in [3.8, 4) is 0 Å². The zero-order valence-corrected chi connectivity index (χ0v) is 11.9. The number of nitrogens with zero attached hydrogens (tertiary/aromatic N) is 1. The van der Waals surface area contributed by atoms with Crippen molar-refractivity contribution in [2.24, 2.45) is 5.92 Å². The van der Waals surface area contributed by atoms with E-state index in [2.05, 4.69) is 28.8 Å². The third-order valence-electron chi connectivity index (χ3n) is 5.00. The highest BCUT2D eigenvalue weighted by atomic mass is 32.2. The van der Waals surface area contributed by atoms with Crippen molar-refractivity contribution < 1.29 is 4.79 Å². The molecule has 0 aliphatic carbocycles. The van der Waals surface area contributed by atoms with Crippen molar-refractivity contribution >= 4 is 17.7 Å². The van der Waals surface area contributed by atoms with Gasteiger partial charge in [-0.2, -0.15) is 11.8 Å². The molecule has 3 unspecified atom stereocenters. The highest BCUT2D eigenvalue weighted by Gasteiger charge is 2.40. The highest BCUT2D eigenvalue weighted by molar-refractivity contribution is 8.00. The molecule has 3 aliphatic heterocycles. The van der Waals surface area contributed by atoms with Gasteiger partial charge in [0.2, 0.25) is 0 Å². The second-order valence-electron chi connectivity index (χ2n) is 5.93. The lowest BCUT2D eigenvalue weighted by molar-refractivity contribution is 0.0686. The third kappa shape index (κ3) is 1.82. The zero-order valence-electron chi connectivity index (χ0n) is 11.0. The Morgan fingerprint density at radius 2 is 2.00 bits per heavy atom. The molecule has 0 radical (unpaired) electrons. The SMILES string of the molecule is O=C1c2ccccc2C2CCC3SCCC3CCN12. The van der Waals surface area contributed by atoms with E-state index >= 15 is 0 Å². The molecular formula is C16H19NOS. The van der Waals surface area contributed by atoms with Crippen LogP contribution in [-0.4, -0.2) is 28.4 Å². The standard InChI is InChI=1S/C16H19NOS/c18-16-13-4-2-1-3-12(13)14-5-6-15-11(8-10-19-15)7-9-17(14)16/h1-4,11,14-15H,5-10H2.